The van der Waals surface area contributed by atoms with Gasteiger partial charge >= 0.3 is 6.03 Å². The number of carbonyl (C=O) groups is 2. The van der Waals surface area contributed by atoms with E-state index in [1.165, 1.54) is 23.5 Å². The van der Waals surface area contributed by atoms with Crippen molar-refractivity contribution >= 4 is 39.2 Å². The number of hydrogen-bond donors (Lipinski definition) is 3. The number of nitrogens with one attached hydrogen (secondary N) is 2. The molecule has 0 spiro atoms. The Bertz CT molecular complexity index is 1630. The predicted octanol–water partition coefficient (Wildman–Crippen LogP) is 4.99. The summed E-state index contributed by atoms with van der Waals surface area (Å²) in [5.74, 6) is -0.0416. The molecule has 1 saturated heterocycles. The largest absolute Gasteiger partial charge is 0.453 e. The lowest BCUT2D eigenvalue weighted by Crippen LogP contribution is -2.44. The molecule has 3 aromatic heterocycles. The first kappa shape index (κ1) is 29.0. The molecule has 2 aliphatic rings. The van der Waals surface area contributed by atoms with Crippen molar-refractivity contribution in [1.29, 1.82) is 0 Å². The van der Waals surface area contributed by atoms with Crippen LogP contribution in [0.5, 0.6) is 11.5 Å². The third-order valence-corrected chi connectivity index (χ3v) is 8.78. The molecular weight excluding hydrogens is 571 g/mol. The first-order valence-corrected chi connectivity index (χ1v) is 15.2. The average molecular weight is 605 g/mol. The highest BCUT2D eigenvalue weighted by Gasteiger charge is 2.32. The van der Waals surface area contributed by atoms with Crippen LogP contribution in [0.4, 0.5) is 14.9 Å². The molecule has 4 heterocycles. The number of carbonyl (C=O) groups excluding carboxylic acids is 2. The van der Waals surface area contributed by atoms with Crippen molar-refractivity contribution in [1.82, 2.24) is 25.1 Å². The maximum absolute atomic E-state index is 14.9. The number of hydrogen-bond acceptors (Lipinski definition) is 8. The van der Waals surface area contributed by atoms with Gasteiger partial charge in [-0.05, 0) is 62.1 Å². The van der Waals surface area contributed by atoms with E-state index < -0.39 is 5.82 Å². The van der Waals surface area contributed by atoms with Crippen LogP contribution < -0.4 is 15.4 Å². The summed E-state index contributed by atoms with van der Waals surface area (Å²) in [6, 6.07) is 11.6. The Morgan fingerprint density at radius 3 is 2.74 bits per heavy atom. The number of benzene rings is 1. The minimum absolute atomic E-state index is 0.0377. The summed E-state index contributed by atoms with van der Waals surface area (Å²) >= 11 is 1.46. The topological polar surface area (TPSA) is 120 Å². The van der Waals surface area contributed by atoms with Crippen LogP contribution in [-0.2, 0) is 11.3 Å². The third-order valence-electron chi connectivity index (χ3n) is 7.62. The van der Waals surface area contributed by atoms with E-state index in [1.807, 2.05) is 24.4 Å². The number of likely N-dealkylation sites (tertiary alicyclic amines) is 1. The van der Waals surface area contributed by atoms with Gasteiger partial charge < -0.3 is 25.4 Å². The fourth-order valence-corrected chi connectivity index (χ4v) is 6.23. The fraction of sp³-hybridized carbons (Fsp3) is 0.355. The number of ether oxygens (including phenoxy) is 1. The molecule has 3 N–H and O–H groups in total. The van der Waals surface area contributed by atoms with Crippen LogP contribution in [0, 0.1) is 5.82 Å². The van der Waals surface area contributed by atoms with Crippen molar-refractivity contribution in [3.63, 3.8) is 0 Å². The molecule has 0 bridgehead atoms. The number of amides is 3. The maximum Gasteiger partial charge on any atom is 0.319 e. The molecule has 12 heteroatoms. The summed E-state index contributed by atoms with van der Waals surface area (Å²) in [5.41, 5.74) is 2.84. The van der Waals surface area contributed by atoms with Gasteiger partial charge in [-0.15, -0.1) is 11.3 Å². The van der Waals surface area contributed by atoms with E-state index in [-0.39, 0.29) is 36.4 Å². The Labute approximate surface area is 252 Å². The molecule has 224 valence electrons. The molecule has 1 saturated carbocycles. The zero-order chi connectivity index (χ0) is 29.9. The van der Waals surface area contributed by atoms with E-state index in [0.29, 0.717) is 30.0 Å². The van der Waals surface area contributed by atoms with Crippen LogP contribution >= 0.6 is 11.3 Å². The smallest absolute Gasteiger partial charge is 0.319 e. The Kier molecular flexibility index (Phi) is 8.50. The number of aliphatic hydroxyl groups is 1. The predicted molar refractivity (Wildman–Crippen MR) is 163 cm³/mol. The monoisotopic (exact) mass is 604 g/mol. The highest BCUT2D eigenvalue weighted by Crippen LogP contribution is 2.39. The van der Waals surface area contributed by atoms with E-state index in [4.69, 9.17) is 9.72 Å². The molecule has 0 radical (unpaired) electrons. The lowest BCUT2D eigenvalue weighted by atomic mass is 10.1. The number of thiophene rings is 1. The average Bonchev–Trinajstić information content (AvgIpc) is 3.49. The summed E-state index contributed by atoms with van der Waals surface area (Å²) in [7, 11) is 1.73. The van der Waals surface area contributed by atoms with Crippen molar-refractivity contribution in [2.24, 2.45) is 0 Å². The van der Waals surface area contributed by atoms with Gasteiger partial charge in [0.15, 0.2) is 11.6 Å². The Morgan fingerprint density at radius 2 is 2.00 bits per heavy atom. The Balaban J connectivity index is 1.13. The number of aliphatic hydroxyl groups excluding tert-OH is 1. The van der Waals surface area contributed by atoms with E-state index in [9.17, 15) is 19.1 Å². The van der Waals surface area contributed by atoms with Gasteiger partial charge in [0, 0.05) is 56.4 Å². The maximum atomic E-state index is 14.9. The first-order chi connectivity index (χ1) is 20.9. The van der Waals surface area contributed by atoms with Gasteiger partial charge in [-0.25, -0.2) is 9.18 Å². The van der Waals surface area contributed by atoms with Gasteiger partial charge in [-0.1, -0.05) is 6.07 Å². The van der Waals surface area contributed by atoms with Gasteiger partial charge in [-0.2, -0.15) is 0 Å². The highest BCUT2D eigenvalue weighted by atomic mass is 32.1. The standard InChI is InChI=1S/C31H33FN6O4S/c1-37(13-14-39)30(40)25-3-2-12-38(25)18-19-4-8-23(34-17-19)28-16-24-29(43-28)27(10-11-33-24)42-26-9-7-21(15-22(26)32)36-31(41)35-20-5-6-20/h4,7-11,15-17,20,25,39H,2-3,5-6,12-14,18H2,1H3,(H2,35,36,41). The molecule has 3 amide bonds. The Hall–Kier alpha value is -4.13. The molecule has 10 nitrogen and oxygen atoms in total. The van der Waals surface area contributed by atoms with Gasteiger partial charge in [0.1, 0.15) is 5.75 Å². The summed E-state index contributed by atoms with van der Waals surface area (Å²) in [6.45, 7) is 1.74. The second-order valence-corrected chi connectivity index (χ2v) is 12.0. The molecule has 1 atom stereocenters. The molecule has 4 aromatic rings. The lowest BCUT2D eigenvalue weighted by molar-refractivity contribution is -0.135. The van der Waals surface area contributed by atoms with Crippen LogP contribution in [-0.4, -0.2) is 75.6 Å². The van der Waals surface area contributed by atoms with Gasteiger partial charge in [0.25, 0.3) is 0 Å². The van der Waals surface area contributed by atoms with Crippen LogP contribution in [0.2, 0.25) is 0 Å². The molecule has 1 unspecified atom stereocenters. The molecular formula is C31H33FN6O4S. The van der Waals surface area contributed by atoms with E-state index in [1.54, 1.807) is 30.3 Å². The number of rotatable bonds is 10. The molecule has 43 heavy (non-hydrogen) atoms. The number of anilines is 1. The summed E-state index contributed by atoms with van der Waals surface area (Å²) in [6.07, 6.45) is 7.14. The van der Waals surface area contributed by atoms with Crippen molar-refractivity contribution in [2.75, 3.05) is 32.1 Å². The number of fused-ring (bicyclic) bond motifs is 1. The summed E-state index contributed by atoms with van der Waals surface area (Å²) in [5, 5.41) is 14.6. The van der Waals surface area contributed by atoms with Crippen molar-refractivity contribution < 1.29 is 23.8 Å². The van der Waals surface area contributed by atoms with Crippen molar-refractivity contribution in [3.05, 3.63) is 66.2 Å². The summed E-state index contributed by atoms with van der Waals surface area (Å²) in [4.78, 5) is 38.6. The molecule has 1 aliphatic heterocycles. The van der Waals surface area contributed by atoms with Gasteiger partial charge in [-0.3, -0.25) is 19.7 Å². The van der Waals surface area contributed by atoms with E-state index in [2.05, 4.69) is 20.5 Å². The second-order valence-electron chi connectivity index (χ2n) is 10.9. The van der Waals surface area contributed by atoms with E-state index in [0.717, 1.165) is 53.1 Å². The van der Waals surface area contributed by atoms with Crippen LogP contribution in [0.25, 0.3) is 20.8 Å². The normalized spacial score (nSPS) is 16.8. The summed E-state index contributed by atoms with van der Waals surface area (Å²) < 4.78 is 21.6. The minimum atomic E-state index is -0.592. The van der Waals surface area contributed by atoms with Crippen LogP contribution in [0.15, 0.2) is 54.9 Å². The number of urea groups is 1. The highest BCUT2D eigenvalue weighted by molar-refractivity contribution is 7.22. The van der Waals surface area contributed by atoms with E-state index >= 15 is 0 Å². The SMILES string of the molecule is CN(CCO)C(=O)C1CCCN1Cc1ccc(-c2cc3nccc(Oc4ccc(NC(=O)NC5CC5)cc4F)c3s2)nc1. The van der Waals surface area contributed by atoms with Crippen LogP contribution in [0.3, 0.4) is 0 Å². The molecule has 1 aliphatic carbocycles. The quantitative estimate of drug-likeness (QED) is 0.233. The molecule has 2 fully saturated rings. The third kappa shape index (κ3) is 6.76. The number of aromatic nitrogens is 2. The first-order valence-electron chi connectivity index (χ1n) is 14.4. The number of pyridine rings is 2. The second kappa shape index (κ2) is 12.6. The zero-order valence-corrected chi connectivity index (χ0v) is 24.6. The van der Waals surface area contributed by atoms with Gasteiger partial charge in [0.05, 0.1) is 33.4 Å². The van der Waals surface area contributed by atoms with Crippen molar-refractivity contribution in [3.8, 4) is 22.1 Å². The lowest BCUT2D eigenvalue weighted by Gasteiger charge is -2.27. The fourth-order valence-electron chi connectivity index (χ4n) is 5.19. The van der Waals surface area contributed by atoms with Gasteiger partial charge in [0.2, 0.25) is 5.91 Å². The molecule has 1 aromatic carbocycles. The van der Waals surface area contributed by atoms with Crippen LogP contribution in [0.1, 0.15) is 31.2 Å². The number of halogens is 1. The number of likely N-dealkylation sites (N-methyl/N-ethyl adjacent to an activating group) is 1. The molecule has 6 rings (SSSR count). The van der Waals surface area contributed by atoms with Crippen molar-refractivity contribution in [2.45, 2.75) is 44.3 Å². The minimum Gasteiger partial charge on any atom is -0.453 e. The number of nitrogens with zero attached hydrogens (tertiary/aromatic N) is 4. The Morgan fingerprint density at radius 1 is 1.14 bits per heavy atom. The zero-order valence-electron chi connectivity index (χ0n) is 23.8.